The number of hydrogen-bond donors (Lipinski definition) is 1. The molecular formula is C12H20N6. The molecule has 0 amide bonds. The van der Waals surface area contributed by atoms with Crippen LogP contribution < -0.4 is 5.73 Å². The zero-order valence-electron chi connectivity index (χ0n) is 11.2. The second kappa shape index (κ2) is 5.30. The average Bonchev–Trinajstić information content (AvgIpc) is 2.86. The van der Waals surface area contributed by atoms with Crippen molar-refractivity contribution in [1.29, 1.82) is 0 Å². The van der Waals surface area contributed by atoms with E-state index in [0.717, 1.165) is 23.6 Å². The molecule has 2 heterocycles. The van der Waals surface area contributed by atoms with Crippen LogP contribution in [0, 0.1) is 12.8 Å². The summed E-state index contributed by atoms with van der Waals surface area (Å²) >= 11 is 0. The molecule has 0 aromatic carbocycles. The van der Waals surface area contributed by atoms with Gasteiger partial charge in [-0.15, -0.1) is 0 Å². The fraction of sp³-hybridized carbons (Fsp3) is 0.583. The summed E-state index contributed by atoms with van der Waals surface area (Å²) in [5, 5.41) is 8.67. The summed E-state index contributed by atoms with van der Waals surface area (Å²) < 4.78 is 3.81. The van der Waals surface area contributed by atoms with E-state index in [1.165, 1.54) is 0 Å². The monoisotopic (exact) mass is 248 g/mol. The van der Waals surface area contributed by atoms with E-state index in [4.69, 9.17) is 5.73 Å². The van der Waals surface area contributed by atoms with Gasteiger partial charge in [0.2, 0.25) is 0 Å². The molecule has 0 bridgehead atoms. The number of nitrogens with two attached hydrogens (primary N) is 1. The summed E-state index contributed by atoms with van der Waals surface area (Å²) in [5.74, 6) is 1.47. The Hall–Kier alpha value is -1.69. The lowest BCUT2D eigenvalue weighted by molar-refractivity contribution is 0.456. The maximum absolute atomic E-state index is 5.65. The third-order valence-electron chi connectivity index (χ3n) is 2.81. The van der Waals surface area contributed by atoms with Gasteiger partial charge in [-0.2, -0.15) is 10.2 Å². The SMILES string of the molecule is Cc1nn(Cc2ncnn2CC(C)C)cc1CN. The van der Waals surface area contributed by atoms with Gasteiger partial charge in [0.25, 0.3) is 0 Å². The number of aromatic nitrogens is 5. The van der Waals surface area contributed by atoms with Crippen LogP contribution in [0.5, 0.6) is 0 Å². The molecule has 2 aromatic heterocycles. The van der Waals surface area contributed by atoms with Gasteiger partial charge in [0.15, 0.2) is 0 Å². The molecule has 0 atom stereocenters. The van der Waals surface area contributed by atoms with Crippen LogP contribution in [0.1, 0.15) is 30.9 Å². The summed E-state index contributed by atoms with van der Waals surface area (Å²) in [4.78, 5) is 4.29. The van der Waals surface area contributed by atoms with Crippen LogP contribution in [-0.2, 0) is 19.6 Å². The van der Waals surface area contributed by atoms with Gasteiger partial charge in [0, 0.05) is 24.8 Å². The fourth-order valence-electron chi connectivity index (χ4n) is 1.89. The van der Waals surface area contributed by atoms with Gasteiger partial charge >= 0.3 is 0 Å². The molecule has 0 radical (unpaired) electrons. The van der Waals surface area contributed by atoms with Crippen LogP contribution in [0.2, 0.25) is 0 Å². The van der Waals surface area contributed by atoms with Crippen LogP contribution in [0.4, 0.5) is 0 Å². The number of rotatable bonds is 5. The van der Waals surface area contributed by atoms with Crippen molar-refractivity contribution in [2.75, 3.05) is 0 Å². The predicted molar refractivity (Wildman–Crippen MR) is 68.8 cm³/mol. The Kier molecular flexibility index (Phi) is 3.76. The molecule has 0 spiro atoms. The molecule has 0 saturated carbocycles. The first-order chi connectivity index (χ1) is 8.60. The van der Waals surface area contributed by atoms with Crippen LogP contribution in [0.15, 0.2) is 12.5 Å². The van der Waals surface area contributed by atoms with Gasteiger partial charge in [0.1, 0.15) is 18.7 Å². The molecule has 0 fully saturated rings. The number of nitrogens with zero attached hydrogens (tertiary/aromatic N) is 5. The topological polar surface area (TPSA) is 74.5 Å². The van der Waals surface area contributed by atoms with Crippen molar-refractivity contribution in [3.63, 3.8) is 0 Å². The van der Waals surface area contributed by atoms with E-state index in [1.54, 1.807) is 6.33 Å². The highest BCUT2D eigenvalue weighted by Gasteiger charge is 2.09. The van der Waals surface area contributed by atoms with Crippen molar-refractivity contribution in [3.05, 3.63) is 29.6 Å². The van der Waals surface area contributed by atoms with Gasteiger partial charge in [-0.05, 0) is 12.8 Å². The van der Waals surface area contributed by atoms with Crippen molar-refractivity contribution in [1.82, 2.24) is 24.5 Å². The Morgan fingerprint density at radius 3 is 2.78 bits per heavy atom. The minimum absolute atomic E-state index is 0.518. The molecule has 0 aliphatic heterocycles. The smallest absolute Gasteiger partial charge is 0.148 e. The van der Waals surface area contributed by atoms with Gasteiger partial charge in [-0.25, -0.2) is 9.67 Å². The minimum atomic E-state index is 0.518. The lowest BCUT2D eigenvalue weighted by Crippen LogP contribution is -2.13. The third-order valence-corrected chi connectivity index (χ3v) is 2.81. The van der Waals surface area contributed by atoms with Crippen molar-refractivity contribution < 1.29 is 0 Å². The Morgan fingerprint density at radius 1 is 1.39 bits per heavy atom. The average molecular weight is 248 g/mol. The maximum Gasteiger partial charge on any atom is 0.148 e. The second-order valence-corrected chi connectivity index (χ2v) is 4.89. The standard InChI is InChI=1S/C12H20N6/c1-9(2)5-18-12(14-8-15-18)7-17-6-11(4-13)10(3)16-17/h6,8-9H,4-5,7,13H2,1-3H3. The zero-order chi connectivity index (χ0) is 13.1. The molecule has 18 heavy (non-hydrogen) atoms. The molecular weight excluding hydrogens is 228 g/mol. The third kappa shape index (κ3) is 2.76. The maximum atomic E-state index is 5.65. The Morgan fingerprint density at radius 2 is 2.17 bits per heavy atom. The molecule has 2 rings (SSSR count). The summed E-state index contributed by atoms with van der Waals surface area (Å²) in [7, 11) is 0. The molecule has 6 nitrogen and oxygen atoms in total. The van der Waals surface area contributed by atoms with Crippen LogP contribution in [0.3, 0.4) is 0 Å². The van der Waals surface area contributed by atoms with E-state index in [9.17, 15) is 0 Å². The molecule has 98 valence electrons. The lowest BCUT2D eigenvalue weighted by Gasteiger charge is -2.08. The fourth-order valence-corrected chi connectivity index (χ4v) is 1.89. The van der Waals surface area contributed by atoms with Crippen molar-refractivity contribution in [2.45, 2.75) is 40.4 Å². The highest BCUT2D eigenvalue weighted by molar-refractivity contribution is 5.15. The van der Waals surface area contributed by atoms with E-state index < -0.39 is 0 Å². The molecule has 0 aliphatic carbocycles. The highest BCUT2D eigenvalue weighted by Crippen LogP contribution is 2.07. The molecule has 0 unspecified atom stereocenters. The summed E-state index contributed by atoms with van der Waals surface area (Å²) in [6.45, 7) is 8.32. The van der Waals surface area contributed by atoms with Crippen LogP contribution in [-0.4, -0.2) is 24.5 Å². The molecule has 2 aromatic rings. The molecule has 0 aliphatic rings. The van der Waals surface area contributed by atoms with E-state index in [-0.39, 0.29) is 0 Å². The lowest BCUT2D eigenvalue weighted by atomic mass is 10.2. The largest absolute Gasteiger partial charge is 0.326 e. The normalized spacial score (nSPS) is 11.4. The Bertz CT molecular complexity index is 510. The molecule has 0 saturated heterocycles. The zero-order valence-corrected chi connectivity index (χ0v) is 11.2. The molecule has 2 N–H and O–H groups in total. The van der Waals surface area contributed by atoms with Crippen LogP contribution >= 0.6 is 0 Å². The van der Waals surface area contributed by atoms with Gasteiger partial charge in [-0.1, -0.05) is 13.8 Å². The van der Waals surface area contributed by atoms with Crippen molar-refractivity contribution in [2.24, 2.45) is 11.7 Å². The van der Waals surface area contributed by atoms with Gasteiger partial charge < -0.3 is 5.73 Å². The van der Waals surface area contributed by atoms with Crippen LogP contribution in [0.25, 0.3) is 0 Å². The summed E-state index contributed by atoms with van der Waals surface area (Å²) in [6, 6.07) is 0. The number of aryl methyl sites for hydroxylation is 1. The second-order valence-electron chi connectivity index (χ2n) is 4.89. The number of hydrogen-bond acceptors (Lipinski definition) is 4. The van der Waals surface area contributed by atoms with Gasteiger partial charge in [-0.3, -0.25) is 4.68 Å². The first kappa shape index (κ1) is 12.8. The highest BCUT2D eigenvalue weighted by atomic mass is 15.4. The van der Waals surface area contributed by atoms with E-state index in [2.05, 4.69) is 29.0 Å². The predicted octanol–water partition coefficient (Wildman–Crippen LogP) is 0.946. The Labute approximate surface area is 107 Å². The van der Waals surface area contributed by atoms with Gasteiger partial charge in [0.05, 0.1) is 5.69 Å². The first-order valence-corrected chi connectivity index (χ1v) is 6.19. The van der Waals surface area contributed by atoms with E-state index in [0.29, 0.717) is 19.0 Å². The van der Waals surface area contributed by atoms with E-state index >= 15 is 0 Å². The Balaban J connectivity index is 2.15. The quantitative estimate of drug-likeness (QED) is 0.854. The van der Waals surface area contributed by atoms with E-state index in [1.807, 2.05) is 22.5 Å². The van der Waals surface area contributed by atoms with Crippen molar-refractivity contribution in [3.8, 4) is 0 Å². The summed E-state index contributed by atoms with van der Waals surface area (Å²) in [6.07, 6.45) is 3.57. The first-order valence-electron chi connectivity index (χ1n) is 6.19. The summed E-state index contributed by atoms with van der Waals surface area (Å²) in [5.41, 5.74) is 7.70. The van der Waals surface area contributed by atoms with Crippen molar-refractivity contribution >= 4 is 0 Å². The molecule has 6 heteroatoms. The minimum Gasteiger partial charge on any atom is -0.326 e.